The zero-order valence-electron chi connectivity index (χ0n) is 13.1. The van der Waals surface area contributed by atoms with Crippen molar-refractivity contribution in [1.29, 1.82) is 0 Å². The first-order chi connectivity index (χ1) is 11.2. The lowest BCUT2D eigenvalue weighted by Crippen LogP contribution is -2.16. The SMILES string of the molecule is COc1ccc(F)cc1CC(CN)c1cccc2ccccc12. The Morgan fingerprint density at radius 1 is 1.04 bits per heavy atom. The van der Waals surface area contributed by atoms with Gasteiger partial charge in [-0.1, -0.05) is 42.5 Å². The topological polar surface area (TPSA) is 35.2 Å². The molecule has 1 unspecified atom stereocenters. The second kappa shape index (κ2) is 6.80. The van der Waals surface area contributed by atoms with Gasteiger partial charge in [-0.2, -0.15) is 0 Å². The average Bonchev–Trinajstić information content (AvgIpc) is 2.59. The minimum Gasteiger partial charge on any atom is -0.496 e. The number of halogens is 1. The van der Waals surface area contributed by atoms with Crippen molar-refractivity contribution in [2.75, 3.05) is 13.7 Å². The molecule has 3 aromatic carbocycles. The first-order valence-corrected chi connectivity index (χ1v) is 7.73. The lowest BCUT2D eigenvalue weighted by atomic mass is 9.88. The van der Waals surface area contributed by atoms with Crippen LogP contribution in [0.3, 0.4) is 0 Å². The van der Waals surface area contributed by atoms with E-state index in [1.165, 1.54) is 28.5 Å². The van der Waals surface area contributed by atoms with Gasteiger partial charge in [0.15, 0.2) is 0 Å². The Hall–Kier alpha value is -2.39. The molecule has 118 valence electrons. The molecule has 2 N–H and O–H groups in total. The fourth-order valence-corrected chi connectivity index (χ4v) is 3.10. The van der Waals surface area contributed by atoms with E-state index >= 15 is 0 Å². The molecule has 0 radical (unpaired) electrons. The lowest BCUT2D eigenvalue weighted by Gasteiger charge is -2.19. The Bertz CT molecular complexity index is 810. The van der Waals surface area contributed by atoms with Crippen molar-refractivity contribution in [1.82, 2.24) is 0 Å². The number of hydrogen-bond acceptors (Lipinski definition) is 2. The summed E-state index contributed by atoms with van der Waals surface area (Å²) in [7, 11) is 1.60. The van der Waals surface area contributed by atoms with Gasteiger partial charge in [-0.15, -0.1) is 0 Å². The van der Waals surface area contributed by atoms with E-state index in [2.05, 4.69) is 24.3 Å². The molecule has 0 saturated carbocycles. The van der Waals surface area contributed by atoms with Crippen molar-refractivity contribution in [3.8, 4) is 5.75 Å². The third kappa shape index (κ3) is 3.20. The molecule has 23 heavy (non-hydrogen) atoms. The molecular weight excluding hydrogens is 289 g/mol. The number of ether oxygens (including phenoxy) is 1. The molecule has 0 fully saturated rings. The highest BCUT2D eigenvalue weighted by molar-refractivity contribution is 5.86. The van der Waals surface area contributed by atoms with Gasteiger partial charge in [0.25, 0.3) is 0 Å². The summed E-state index contributed by atoms with van der Waals surface area (Å²) in [6, 6.07) is 19.1. The van der Waals surface area contributed by atoms with Crippen LogP contribution in [0.4, 0.5) is 4.39 Å². The van der Waals surface area contributed by atoms with Crippen molar-refractivity contribution >= 4 is 10.8 Å². The molecule has 0 aliphatic rings. The van der Waals surface area contributed by atoms with Crippen LogP contribution in [0.1, 0.15) is 17.0 Å². The van der Waals surface area contributed by atoms with Gasteiger partial charge in [0.1, 0.15) is 11.6 Å². The molecule has 0 aromatic heterocycles. The van der Waals surface area contributed by atoms with E-state index in [9.17, 15) is 4.39 Å². The van der Waals surface area contributed by atoms with Crippen LogP contribution in [0.2, 0.25) is 0 Å². The van der Waals surface area contributed by atoms with Gasteiger partial charge in [-0.05, 0) is 53.1 Å². The summed E-state index contributed by atoms with van der Waals surface area (Å²) in [6.45, 7) is 0.494. The normalized spacial score (nSPS) is 12.3. The third-order valence-corrected chi connectivity index (χ3v) is 4.26. The van der Waals surface area contributed by atoms with Crippen LogP contribution in [0.5, 0.6) is 5.75 Å². The highest BCUT2D eigenvalue weighted by Crippen LogP contribution is 2.30. The smallest absolute Gasteiger partial charge is 0.123 e. The summed E-state index contributed by atoms with van der Waals surface area (Å²) >= 11 is 0. The number of rotatable bonds is 5. The van der Waals surface area contributed by atoms with Crippen LogP contribution >= 0.6 is 0 Å². The van der Waals surface area contributed by atoms with E-state index in [0.717, 1.165) is 5.56 Å². The standard InChI is InChI=1S/C20H20FNO/c1-23-20-10-9-17(21)12-15(20)11-16(13-22)19-8-4-6-14-5-2-3-7-18(14)19/h2-10,12,16H,11,13,22H2,1H3. The van der Waals surface area contributed by atoms with Crippen LogP contribution in [0, 0.1) is 5.82 Å². The van der Waals surface area contributed by atoms with Gasteiger partial charge in [0.05, 0.1) is 7.11 Å². The van der Waals surface area contributed by atoms with E-state index in [-0.39, 0.29) is 11.7 Å². The van der Waals surface area contributed by atoms with Crippen LogP contribution in [0.15, 0.2) is 60.7 Å². The van der Waals surface area contributed by atoms with Crippen molar-refractivity contribution in [2.45, 2.75) is 12.3 Å². The molecule has 0 saturated heterocycles. The van der Waals surface area contributed by atoms with Gasteiger partial charge < -0.3 is 10.5 Å². The molecule has 3 heteroatoms. The minimum atomic E-state index is -0.255. The predicted octanol–water partition coefficient (Wildman–Crippen LogP) is 4.27. The van der Waals surface area contributed by atoms with E-state index < -0.39 is 0 Å². The number of benzene rings is 3. The monoisotopic (exact) mass is 309 g/mol. The van der Waals surface area contributed by atoms with Gasteiger partial charge in [-0.3, -0.25) is 0 Å². The van der Waals surface area contributed by atoms with Crippen LogP contribution in [0.25, 0.3) is 10.8 Å². The van der Waals surface area contributed by atoms with E-state index in [1.54, 1.807) is 13.2 Å². The molecule has 0 aliphatic heterocycles. The second-order valence-electron chi connectivity index (χ2n) is 5.66. The number of hydrogen-bond donors (Lipinski definition) is 1. The first-order valence-electron chi connectivity index (χ1n) is 7.73. The largest absolute Gasteiger partial charge is 0.496 e. The van der Waals surface area contributed by atoms with Gasteiger partial charge in [-0.25, -0.2) is 4.39 Å². The van der Waals surface area contributed by atoms with E-state index in [0.29, 0.717) is 18.7 Å². The Morgan fingerprint density at radius 2 is 1.83 bits per heavy atom. The van der Waals surface area contributed by atoms with E-state index in [4.69, 9.17) is 10.5 Å². The number of methoxy groups -OCH3 is 1. The van der Waals surface area contributed by atoms with Crippen LogP contribution in [-0.2, 0) is 6.42 Å². The molecule has 0 heterocycles. The maximum atomic E-state index is 13.6. The first kappa shape index (κ1) is 15.5. The summed E-state index contributed by atoms with van der Waals surface area (Å²) < 4.78 is 19.0. The zero-order valence-corrected chi connectivity index (χ0v) is 13.1. The Balaban J connectivity index is 2.01. The third-order valence-electron chi connectivity index (χ3n) is 4.26. The Morgan fingerprint density at radius 3 is 2.61 bits per heavy atom. The van der Waals surface area contributed by atoms with Crippen LogP contribution in [-0.4, -0.2) is 13.7 Å². The maximum Gasteiger partial charge on any atom is 0.123 e. The molecular formula is C20H20FNO. The fraction of sp³-hybridized carbons (Fsp3) is 0.200. The summed E-state index contributed by atoms with van der Waals surface area (Å²) in [5, 5.41) is 2.38. The van der Waals surface area contributed by atoms with Gasteiger partial charge >= 0.3 is 0 Å². The molecule has 3 aromatic rings. The highest BCUT2D eigenvalue weighted by Gasteiger charge is 2.16. The quantitative estimate of drug-likeness (QED) is 0.764. The minimum absolute atomic E-state index is 0.108. The van der Waals surface area contributed by atoms with Crippen molar-refractivity contribution in [3.63, 3.8) is 0 Å². The lowest BCUT2D eigenvalue weighted by molar-refractivity contribution is 0.406. The van der Waals surface area contributed by atoms with Gasteiger partial charge in [0, 0.05) is 5.92 Å². The van der Waals surface area contributed by atoms with Gasteiger partial charge in [0.2, 0.25) is 0 Å². The van der Waals surface area contributed by atoms with Crippen molar-refractivity contribution in [2.24, 2.45) is 5.73 Å². The summed E-state index contributed by atoms with van der Waals surface area (Å²) in [6.07, 6.45) is 0.644. The molecule has 1 atom stereocenters. The highest BCUT2D eigenvalue weighted by atomic mass is 19.1. The molecule has 0 aliphatic carbocycles. The molecule has 0 amide bonds. The van der Waals surface area contributed by atoms with Crippen molar-refractivity contribution < 1.29 is 9.13 Å². The van der Waals surface area contributed by atoms with E-state index in [1.807, 2.05) is 18.2 Å². The molecule has 3 rings (SSSR count). The fourth-order valence-electron chi connectivity index (χ4n) is 3.10. The Kier molecular flexibility index (Phi) is 4.58. The molecule has 2 nitrogen and oxygen atoms in total. The Labute approximate surface area is 135 Å². The van der Waals surface area contributed by atoms with Crippen LogP contribution < -0.4 is 10.5 Å². The summed E-state index contributed by atoms with van der Waals surface area (Å²) in [5.41, 5.74) is 8.07. The zero-order chi connectivity index (χ0) is 16.2. The maximum absolute atomic E-state index is 13.6. The number of fused-ring (bicyclic) bond motifs is 1. The molecule has 0 spiro atoms. The second-order valence-corrected chi connectivity index (χ2v) is 5.66. The molecule has 0 bridgehead atoms. The summed E-state index contributed by atoms with van der Waals surface area (Å²) in [4.78, 5) is 0. The van der Waals surface area contributed by atoms with Crippen molar-refractivity contribution in [3.05, 3.63) is 77.6 Å². The number of nitrogens with two attached hydrogens (primary N) is 1. The summed E-state index contributed by atoms with van der Waals surface area (Å²) in [5.74, 6) is 0.552. The predicted molar refractivity (Wildman–Crippen MR) is 92.4 cm³/mol. The average molecular weight is 309 g/mol.